The van der Waals surface area contributed by atoms with E-state index in [4.69, 9.17) is 0 Å². The average molecular weight is 199 g/mol. The van der Waals surface area contributed by atoms with E-state index in [1.807, 2.05) is 0 Å². The van der Waals surface area contributed by atoms with Crippen LogP contribution in [0.25, 0.3) is 0 Å². The lowest BCUT2D eigenvalue weighted by Gasteiger charge is -2.15. The summed E-state index contributed by atoms with van der Waals surface area (Å²) in [7, 11) is 0. The minimum Gasteiger partial charge on any atom is -0.375 e. The van der Waals surface area contributed by atoms with E-state index >= 15 is 0 Å². The molecule has 1 unspecified atom stereocenters. The second-order valence-electron chi connectivity index (χ2n) is 1.80. The molecule has 0 aliphatic rings. The Balaban J connectivity index is 4.06. The highest BCUT2D eigenvalue weighted by atomic mass is 32.2. The van der Waals surface area contributed by atoms with Crippen LogP contribution < -0.4 is 5.32 Å². The smallest absolute Gasteiger partial charge is 0.107 e. The molecule has 0 rings (SSSR count). The number of hydrogen-bond donors (Lipinski definition) is 1. The Morgan fingerprint density at radius 2 is 1.92 bits per heavy atom. The summed E-state index contributed by atoms with van der Waals surface area (Å²) in [6, 6.07) is 0. The zero-order valence-corrected chi connectivity index (χ0v) is 8.59. The Hall–Kier alpha value is -0.540. The SMILES string of the molecule is C=CNC(SC=C)C(=C)SC=C. The van der Waals surface area contributed by atoms with Gasteiger partial charge in [-0.2, -0.15) is 0 Å². The van der Waals surface area contributed by atoms with Crippen LogP contribution in [0, 0.1) is 0 Å². The normalized spacial score (nSPS) is 11.3. The van der Waals surface area contributed by atoms with Gasteiger partial charge in [0.2, 0.25) is 0 Å². The van der Waals surface area contributed by atoms with E-state index in [1.165, 1.54) is 11.8 Å². The van der Waals surface area contributed by atoms with E-state index < -0.39 is 0 Å². The van der Waals surface area contributed by atoms with Gasteiger partial charge in [-0.1, -0.05) is 26.3 Å². The lowest BCUT2D eigenvalue weighted by molar-refractivity contribution is 0.924. The standard InChI is InChI=1S/C9H13NS2/c1-5-10-9(12-7-3)8(4)11-6-2/h5-7,9-10H,1-4H2. The third kappa shape index (κ3) is 4.36. The van der Waals surface area contributed by atoms with E-state index in [0.717, 1.165) is 4.91 Å². The Morgan fingerprint density at radius 1 is 1.25 bits per heavy atom. The lowest BCUT2D eigenvalue weighted by Crippen LogP contribution is -2.19. The first-order valence-electron chi connectivity index (χ1n) is 3.36. The Labute approximate surface area is 82.7 Å². The summed E-state index contributed by atoms with van der Waals surface area (Å²) < 4.78 is 0. The summed E-state index contributed by atoms with van der Waals surface area (Å²) in [5, 5.41) is 6.71. The molecule has 0 aliphatic heterocycles. The molecular weight excluding hydrogens is 186 g/mol. The fourth-order valence-corrected chi connectivity index (χ4v) is 1.84. The predicted octanol–water partition coefficient (Wildman–Crippen LogP) is 3.31. The monoisotopic (exact) mass is 199 g/mol. The minimum absolute atomic E-state index is 0.128. The number of rotatable bonds is 7. The molecule has 0 saturated carbocycles. The van der Waals surface area contributed by atoms with Crippen LogP contribution in [0.5, 0.6) is 0 Å². The first-order valence-corrected chi connectivity index (χ1v) is 5.18. The molecule has 0 radical (unpaired) electrons. The van der Waals surface area contributed by atoms with Gasteiger partial charge in [0.1, 0.15) is 5.37 Å². The van der Waals surface area contributed by atoms with Crippen LogP contribution in [0.1, 0.15) is 0 Å². The molecule has 1 atom stereocenters. The molecule has 0 spiro atoms. The summed E-state index contributed by atoms with van der Waals surface area (Å²) in [6.07, 6.45) is 1.65. The van der Waals surface area contributed by atoms with Crippen molar-refractivity contribution >= 4 is 23.5 Å². The van der Waals surface area contributed by atoms with E-state index in [2.05, 4.69) is 31.6 Å². The Morgan fingerprint density at radius 3 is 2.33 bits per heavy atom. The van der Waals surface area contributed by atoms with Gasteiger partial charge in [-0.15, -0.1) is 23.5 Å². The van der Waals surface area contributed by atoms with Gasteiger partial charge in [-0.25, -0.2) is 0 Å². The highest BCUT2D eigenvalue weighted by Crippen LogP contribution is 2.25. The van der Waals surface area contributed by atoms with Crippen LogP contribution in [0.4, 0.5) is 0 Å². The first-order chi connectivity index (χ1) is 5.76. The summed E-state index contributed by atoms with van der Waals surface area (Å²) in [5.41, 5.74) is 0. The number of thioether (sulfide) groups is 2. The van der Waals surface area contributed by atoms with Gasteiger partial charge in [0.25, 0.3) is 0 Å². The van der Waals surface area contributed by atoms with Crippen LogP contribution >= 0.6 is 23.5 Å². The van der Waals surface area contributed by atoms with Gasteiger partial charge in [0, 0.05) is 4.91 Å². The lowest BCUT2D eigenvalue weighted by atomic mass is 10.6. The fraction of sp³-hybridized carbons (Fsp3) is 0.111. The van der Waals surface area contributed by atoms with Crippen LogP contribution in [-0.4, -0.2) is 5.37 Å². The molecule has 0 aromatic carbocycles. The topological polar surface area (TPSA) is 12.0 Å². The first kappa shape index (κ1) is 11.5. The quantitative estimate of drug-likeness (QED) is 0.632. The maximum Gasteiger partial charge on any atom is 0.107 e. The van der Waals surface area contributed by atoms with Crippen molar-refractivity contribution in [2.75, 3.05) is 0 Å². The second-order valence-corrected chi connectivity index (χ2v) is 3.97. The van der Waals surface area contributed by atoms with Gasteiger partial charge in [0.05, 0.1) is 0 Å². The summed E-state index contributed by atoms with van der Waals surface area (Å²) in [6.45, 7) is 14.7. The van der Waals surface area contributed by atoms with Crippen molar-refractivity contribution < 1.29 is 0 Å². The summed E-state index contributed by atoms with van der Waals surface area (Å²) in [5.74, 6) is 0. The fourth-order valence-electron chi connectivity index (χ4n) is 0.580. The van der Waals surface area contributed by atoms with Crippen LogP contribution in [0.15, 0.2) is 48.2 Å². The highest BCUT2D eigenvalue weighted by molar-refractivity contribution is 8.08. The van der Waals surface area contributed by atoms with E-state index in [1.54, 1.807) is 28.8 Å². The molecule has 0 aromatic rings. The molecule has 0 aromatic heterocycles. The summed E-state index contributed by atoms with van der Waals surface area (Å²) >= 11 is 3.07. The van der Waals surface area contributed by atoms with Crippen molar-refractivity contribution in [2.24, 2.45) is 0 Å². The molecule has 1 N–H and O–H groups in total. The van der Waals surface area contributed by atoms with Gasteiger partial charge in [-0.3, -0.25) is 0 Å². The number of nitrogens with one attached hydrogen (secondary N) is 1. The molecule has 0 aliphatic carbocycles. The molecule has 66 valence electrons. The van der Waals surface area contributed by atoms with Crippen molar-refractivity contribution in [3.05, 3.63) is 48.2 Å². The molecule has 0 saturated heterocycles. The van der Waals surface area contributed by atoms with E-state index in [9.17, 15) is 0 Å². The highest BCUT2D eigenvalue weighted by Gasteiger charge is 2.07. The Bertz CT molecular complexity index is 177. The zero-order valence-electron chi connectivity index (χ0n) is 6.95. The van der Waals surface area contributed by atoms with Gasteiger partial charge in [0.15, 0.2) is 0 Å². The average Bonchev–Trinajstić information content (AvgIpc) is 2.04. The van der Waals surface area contributed by atoms with Crippen molar-refractivity contribution in [1.82, 2.24) is 5.32 Å². The molecule has 0 heterocycles. The van der Waals surface area contributed by atoms with Gasteiger partial charge >= 0.3 is 0 Å². The van der Waals surface area contributed by atoms with Gasteiger partial charge < -0.3 is 5.32 Å². The number of hydrogen-bond acceptors (Lipinski definition) is 3. The van der Waals surface area contributed by atoms with E-state index in [0.29, 0.717) is 0 Å². The largest absolute Gasteiger partial charge is 0.375 e. The third-order valence-electron chi connectivity index (χ3n) is 1.03. The molecule has 12 heavy (non-hydrogen) atoms. The van der Waals surface area contributed by atoms with Gasteiger partial charge in [-0.05, 0) is 17.0 Å². The zero-order chi connectivity index (χ0) is 9.40. The molecule has 0 amide bonds. The second kappa shape index (κ2) is 7.13. The third-order valence-corrected chi connectivity index (χ3v) is 2.77. The Kier molecular flexibility index (Phi) is 6.81. The van der Waals surface area contributed by atoms with Crippen molar-refractivity contribution in [1.29, 1.82) is 0 Å². The van der Waals surface area contributed by atoms with Crippen molar-refractivity contribution in [2.45, 2.75) is 5.37 Å². The molecule has 3 heteroatoms. The van der Waals surface area contributed by atoms with Crippen molar-refractivity contribution in [3.63, 3.8) is 0 Å². The molecule has 1 nitrogen and oxygen atoms in total. The predicted molar refractivity (Wildman–Crippen MR) is 61.8 cm³/mol. The molecular formula is C9H13NS2. The molecule has 0 fully saturated rings. The van der Waals surface area contributed by atoms with Crippen molar-refractivity contribution in [3.8, 4) is 0 Å². The van der Waals surface area contributed by atoms with Crippen LogP contribution in [0.3, 0.4) is 0 Å². The summed E-state index contributed by atoms with van der Waals surface area (Å²) in [4.78, 5) is 0.995. The maximum atomic E-state index is 3.89. The molecule has 0 bridgehead atoms. The minimum atomic E-state index is 0.128. The van der Waals surface area contributed by atoms with Crippen LogP contribution in [0.2, 0.25) is 0 Å². The maximum absolute atomic E-state index is 3.89. The van der Waals surface area contributed by atoms with Crippen LogP contribution in [-0.2, 0) is 0 Å². The van der Waals surface area contributed by atoms with E-state index in [-0.39, 0.29) is 5.37 Å².